The molecule has 1 amide bonds. The Hall–Kier alpha value is -3.65. The van der Waals surface area contributed by atoms with E-state index in [1.54, 1.807) is 36.4 Å². The van der Waals surface area contributed by atoms with Crippen molar-refractivity contribution in [2.24, 2.45) is 0 Å². The van der Waals surface area contributed by atoms with E-state index in [4.69, 9.17) is 21.1 Å². The number of nitrogens with zero attached hydrogens (tertiary/aromatic N) is 2. The second-order valence-corrected chi connectivity index (χ2v) is 10.4. The summed E-state index contributed by atoms with van der Waals surface area (Å²) in [6.07, 6.45) is 3.99. The summed E-state index contributed by atoms with van der Waals surface area (Å²) in [5.74, 6) is 1.07. The van der Waals surface area contributed by atoms with Crippen LogP contribution in [0.5, 0.6) is 11.5 Å². The third-order valence-electron chi connectivity index (χ3n) is 7.13. The van der Waals surface area contributed by atoms with Crippen LogP contribution in [-0.4, -0.2) is 60.6 Å². The Morgan fingerprint density at radius 3 is 2.35 bits per heavy atom. The minimum atomic E-state index is -0.146. The lowest BCUT2D eigenvalue weighted by Gasteiger charge is -2.26. The summed E-state index contributed by atoms with van der Waals surface area (Å²) < 4.78 is 13.6. The zero-order valence-electron chi connectivity index (χ0n) is 22.7. The van der Waals surface area contributed by atoms with Crippen LogP contribution in [-0.2, 0) is 11.3 Å². The van der Waals surface area contributed by atoms with Crippen LogP contribution >= 0.6 is 11.6 Å². The molecule has 0 bridgehead atoms. The number of benzene rings is 3. The molecule has 1 aromatic heterocycles. The van der Waals surface area contributed by atoms with E-state index in [2.05, 4.69) is 21.7 Å². The van der Waals surface area contributed by atoms with Gasteiger partial charge in [0.05, 0.1) is 13.2 Å². The largest absolute Gasteiger partial charge is 0.457 e. The number of hydrogen-bond acceptors (Lipinski definition) is 5. The lowest BCUT2D eigenvalue weighted by atomic mass is 10.0. The number of ketones is 1. The number of aromatic nitrogens is 1. The van der Waals surface area contributed by atoms with Gasteiger partial charge in [-0.25, -0.2) is 0 Å². The van der Waals surface area contributed by atoms with Crippen LogP contribution in [0.4, 0.5) is 0 Å². The van der Waals surface area contributed by atoms with Crippen molar-refractivity contribution in [3.8, 4) is 11.5 Å². The topological polar surface area (TPSA) is 72.8 Å². The maximum atomic E-state index is 13.7. The van der Waals surface area contributed by atoms with Crippen molar-refractivity contribution in [3.05, 3.63) is 94.6 Å². The predicted molar refractivity (Wildman–Crippen MR) is 158 cm³/mol. The molecule has 4 aromatic rings. The number of aryl methyl sites for hydroxylation is 1. The van der Waals surface area contributed by atoms with Crippen molar-refractivity contribution >= 4 is 34.2 Å². The molecular formula is C32H34ClN3O4. The fraction of sp³-hybridized carbons (Fsp3) is 0.312. The lowest BCUT2D eigenvalue weighted by Crippen LogP contribution is -2.41. The normalized spacial score (nSPS) is 13.8. The molecule has 1 aliphatic rings. The number of rotatable bonds is 11. The molecule has 0 aliphatic carbocycles. The van der Waals surface area contributed by atoms with Crippen LogP contribution in [0.2, 0.25) is 5.02 Å². The van der Waals surface area contributed by atoms with Crippen molar-refractivity contribution < 1.29 is 19.1 Å². The van der Waals surface area contributed by atoms with E-state index in [1.807, 2.05) is 36.5 Å². The van der Waals surface area contributed by atoms with Crippen molar-refractivity contribution in [1.82, 2.24) is 14.8 Å². The highest BCUT2D eigenvalue weighted by molar-refractivity contribution is 6.30. The maximum absolute atomic E-state index is 13.7. The van der Waals surface area contributed by atoms with E-state index in [0.717, 1.165) is 63.1 Å². The van der Waals surface area contributed by atoms with Crippen LogP contribution < -0.4 is 10.1 Å². The monoisotopic (exact) mass is 559 g/mol. The number of nitrogens with one attached hydrogen (secondary N) is 1. The van der Waals surface area contributed by atoms with Gasteiger partial charge >= 0.3 is 0 Å². The Balaban J connectivity index is 1.33. The maximum Gasteiger partial charge on any atom is 0.251 e. The second kappa shape index (κ2) is 13.1. The van der Waals surface area contributed by atoms with Gasteiger partial charge in [0, 0.05) is 71.5 Å². The number of unbranched alkanes of at least 4 members (excludes halogenated alkanes) is 1. The molecule has 1 fully saturated rings. The number of fused-ring (bicyclic) bond motifs is 1. The first-order valence-electron chi connectivity index (χ1n) is 13.8. The molecule has 40 heavy (non-hydrogen) atoms. The quantitative estimate of drug-likeness (QED) is 0.222. The van der Waals surface area contributed by atoms with Gasteiger partial charge in [-0.1, -0.05) is 37.1 Å². The first-order chi connectivity index (χ1) is 19.5. The summed E-state index contributed by atoms with van der Waals surface area (Å²) in [4.78, 5) is 28.6. The Bertz CT molecular complexity index is 1460. The fourth-order valence-electron chi connectivity index (χ4n) is 4.86. The molecule has 1 aliphatic heterocycles. The van der Waals surface area contributed by atoms with E-state index in [1.165, 1.54) is 0 Å². The molecule has 3 aromatic carbocycles. The summed E-state index contributed by atoms with van der Waals surface area (Å²) in [5.41, 5.74) is 2.65. The SMILES string of the molecule is CCCCn1cc(C(=O)c2ccc(C(=O)NCCN3CCOCC3)cc2)c2cc(Oc3ccc(Cl)cc3)ccc21. The third kappa shape index (κ3) is 6.73. The van der Waals surface area contributed by atoms with E-state index in [9.17, 15) is 9.59 Å². The standard InChI is InChI=1S/C32H34ClN3O4/c1-2-3-15-36-22-29(28-21-27(12-13-30(28)36)40-26-10-8-25(33)9-11-26)31(37)23-4-6-24(7-5-23)32(38)34-14-16-35-17-19-39-20-18-35/h4-13,21-22H,2-3,14-20H2,1H3,(H,34,38). The van der Waals surface area contributed by atoms with Gasteiger partial charge in [0.25, 0.3) is 5.91 Å². The van der Waals surface area contributed by atoms with Gasteiger partial charge in [0.2, 0.25) is 0 Å². The molecule has 0 unspecified atom stereocenters. The van der Waals surface area contributed by atoms with Crippen LogP contribution in [0.15, 0.2) is 72.9 Å². The van der Waals surface area contributed by atoms with Crippen molar-refractivity contribution in [3.63, 3.8) is 0 Å². The molecule has 8 heteroatoms. The predicted octanol–water partition coefficient (Wildman–Crippen LogP) is 6.18. The Morgan fingerprint density at radius 1 is 0.925 bits per heavy atom. The number of hydrogen-bond donors (Lipinski definition) is 1. The number of amides is 1. The van der Waals surface area contributed by atoms with Crippen molar-refractivity contribution in [2.45, 2.75) is 26.3 Å². The van der Waals surface area contributed by atoms with Crippen LogP contribution in [0.1, 0.15) is 46.0 Å². The van der Waals surface area contributed by atoms with Gasteiger partial charge in [-0.2, -0.15) is 0 Å². The highest BCUT2D eigenvalue weighted by Crippen LogP contribution is 2.31. The van der Waals surface area contributed by atoms with Gasteiger partial charge in [0.1, 0.15) is 11.5 Å². The molecule has 0 spiro atoms. The first-order valence-corrected chi connectivity index (χ1v) is 14.2. The summed E-state index contributed by atoms with van der Waals surface area (Å²) in [7, 11) is 0. The summed E-state index contributed by atoms with van der Waals surface area (Å²) in [6.45, 7) is 7.56. The minimum absolute atomic E-state index is 0.0943. The average Bonchev–Trinajstić information content (AvgIpc) is 3.35. The summed E-state index contributed by atoms with van der Waals surface area (Å²) >= 11 is 6.01. The van der Waals surface area contributed by atoms with E-state index < -0.39 is 0 Å². The molecule has 0 radical (unpaired) electrons. The van der Waals surface area contributed by atoms with E-state index in [-0.39, 0.29) is 11.7 Å². The average molecular weight is 560 g/mol. The van der Waals surface area contributed by atoms with Crippen LogP contribution in [0.3, 0.4) is 0 Å². The Kier molecular flexibility index (Phi) is 9.16. The molecule has 7 nitrogen and oxygen atoms in total. The van der Waals surface area contributed by atoms with Crippen LogP contribution in [0.25, 0.3) is 10.9 Å². The Labute approximate surface area is 239 Å². The molecule has 1 N–H and O–H groups in total. The zero-order chi connectivity index (χ0) is 27.9. The van der Waals surface area contributed by atoms with Gasteiger partial charge < -0.3 is 19.4 Å². The molecule has 5 rings (SSSR count). The van der Waals surface area contributed by atoms with Gasteiger partial charge in [-0.15, -0.1) is 0 Å². The van der Waals surface area contributed by atoms with E-state index in [0.29, 0.717) is 39.8 Å². The molecule has 208 valence electrons. The third-order valence-corrected chi connectivity index (χ3v) is 7.38. The van der Waals surface area contributed by atoms with Gasteiger partial charge in [0.15, 0.2) is 5.78 Å². The minimum Gasteiger partial charge on any atom is -0.457 e. The second-order valence-electron chi connectivity index (χ2n) is 9.94. The smallest absolute Gasteiger partial charge is 0.251 e. The molecular weight excluding hydrogens is 526 g/mol. The number of carbonyl (C=O) groups excluding carboxylic acids is 2. The number of halogens is 1. The molecule has 1 saturated heterocycles. The number of ether oxygens (including phenoxy) is 2. The first kappa shape index (κ1) is 27.9. The summed E-state index contributed by atoms with van der Waals surface area (Å²) in [5, 5.41) is 4.44. The van der Waals surface area contributed by atoms with Crippen molar-refractivity contribution in [2.75, 3.05) is 39.4 Å². The molecule has 2 heterocycles. The highest BCUT2D eigenvalue weighted by atomic mass is 35.5. The molecule has 0 saturated carbocycles. The fourth-order valence-corrected chi connectivity index (χ4v) is 4.98. The lowest BCUT2D eigenvalue weighted by molar-refractivity contribution is 0.0383. The number of carbonyl (C=O) groups is 2. The van der Waals surface area contributed by atoms with Crippen molar-refractivity contribution in [1.29, 1.82) is 0 Å². The zero-order valence-corrected chi connectivity index (χ0v) is 23.5. The molecule has 0 atom stereocenters. The van der Waals surface area contributed by atoms with Gasteiger partial charge in [-0.05, 0) is 61.0 Å². The summed E-state index contributed by atoms with van der Waals surface area (Å²) in [6, 6.07) is 19.9. The Morgan fingerprint density at radius 2 is 1.62 bits per heavy atom. The van der Waals surface area contributed by atoms with Crippen LogP contribution in [0, 0.1) is 0 Å². The van der Waals surface area contributed by atoms with Gasteiger partial charge in [-0.3, -0.25) is 14.5 Å². The highest BCUT2D eigenvalue weighted by Gasteiger charge is 2.19. The number of morpholine rings is 1. The van der Waals surface area contributed by atoms with E-state index >= 15 is 0 Å².